The number of benzene rings is 2. The average Bonchev–Trinajstić information content (AvgIpc) is 3.13. The predicted octanol–water partition coefficient (Wildman–Crippen LogP) is 3.44. The van der Waals surface area contributed by atoms with Gasteiger partial charge in [0, 0.05) is 5.56 Å². The van der Waals surface area contributed by atoms with Crippen molar-refractivity contribution in [2.45, 2.75) is 0 Å². The van der Waals surface area contributed by atoms with Crippen LogP contribution in [0.1, 0.15) is 15.9 Å². The van der Waals surface area contributed by atoms with Crippen LogP contribution in [0.2, 0.25) is 5.02 Å². The number of carboxylic acid groups (broad SMARTS) is 1. The summed E-state index contributed by atoms with van der Waals surface area (Å²) in [5.74, 6) is 0.136. The second-order valence-electron chi connectivity index (χ2n) is 5.48. The minimum absolute atomic E-state index is 0.108. The Morgan fingerprint density at radius 2 is 2.04 bits per heavy atom. The summed E-state index contributed by atoms with van der Waals surface area (Å²) in [4.78, 5) is 23.0. The summed E-state index contributed by atoms with van der Waals surface area (Å²) in [5, 5.41) is 9.08. The first kappa shape index (κ1) is 18.6. The lowest BCUT2D eigenvalue weighted by atomic mass is 10.1. The van der Waals surface area contributed by atoms with E-state index in [1.54, 1.807) is 18.2 Å². The predicted molar refractivity (Wildman–Crippen MR) is 97.1 cm³/mol. The van der Waals surface area contributed by atoms with Crippen LogP contribution in [0.3, 0.4) is 0 Å². The maximum absolute atomic E-state index is 12.4. The van der Waals surface area contributed by atoms with Gasteiger partial charge in [-0.1, -0.05) is 17.7 Å². The highest BCUT2D eigenvalue weighted by Crippen LogP contribution is 2.40. The van der Waals surface area contributed by atoms with E-state index in [4.69, 9.17) is 35.7 Å². The van der Waals surface area contributed by atoms with Gasteiger partial charge in [-0.05, 0) is 42.0 Å². The molecule has 0 bridgehead atoms. The number of carbonyl (C=O) groups excluding carboxylic acids is 1. The average molecular weight is 391 g/mol. The molecule has 0 amide bonds. The number of carbonyl (C=O) groups is 2. The van der Waals surface area contributed by atoms with Gasteiger partial charge < -0.3 is 24.1 Å². The molecule has 27 heavy (non-hydrogen) atoms. The smallest absolute Gasteiger partial charge is 0.341 e. The molecule has 1 N–H and O–H groups in total. The van der Waals surface area contributed by atoms with E-state index in [1.807, 2.05) is 0 Å². The molecule has 3 rings (SSSR count). The Morgan fingerprint density at radius 1 is 1.22 bits per heavy atom. The highest BCUT2D eigenvalue weighted by molar-refractivity contribution is 6.32. The molecule has 2 aromatic carbocycles. The van der Waals surface area contributed by atoms with E-state index in [0.717, 1.165) is 0 Å². The van der Waals surface area contributed by atoms with Crippen molar-refractivity contribution < 1.29 is 33.6 Å². The number of methoxy groups -OCH3 is 1. The largest absolute Gasteiger partial charge is 0.493 e. The van der Waals surface area contributed by atoms with Gasteiger partial charge in [-0.25, -0.2) is 4.79 Å². The standard InChI is InChI=1S/C19H15ClO7/c1-24-16-8-12(3-5-15(16)25-9-18(22)23)14(21)4-2-11-6-13(20)19-17(7-11)26-10-27-19/h2-8H,9-10H2,1H3,(H,22,23)/b4-2+. The van der Waals surface area contributed by atoms with Gasteiger partial charge in [0.25, 0.3) is 0 Å². The molecular weight excluding hydrogens is 376 g/mol. The number of hydrogen-bond acceptors (Lipinski definition) is 6. The fourth-order valence-electron chi connectivity index (χ4n) is 2.43. The van der Waals surface area contributed by atoms with Crippen LogP contribution in [0.25, 0.3) is 6.08 Å². The molecule has 140 valence electrons. The van der Waals surface area contributed by atoms with E-state index < -0.39 is 12.6 Å². The lowest BCUT2D eigenvalue weighted by molar-refractivity contribution is -0.139. The third-order valence-corrected chi connectivity index (χ3v) is 3.96. The molecule has 0 saturated heterocycles. The third-order valence-electron chi connectivity index (χ3n) is 3.68. The van der Waals surface area contributed by atoms with Crippen molar-refractivity contribution in [3.63, 3.8) is 0 Å². The van der Waals surface area contributed by atoms with Crippen molar-refractivity contribution in [2.24, 2.45) is 0 Å². The number of halogens is 1. The molecule has 0 fully saturated rings. The Bertz CT molecular complexity index is 921. The number of aliphatic carboxylic acids is 1. The number of fused-ring (bicyclic) bond motifs is 1. The monoisotopic (exact) mass is 390 g/mol. The third kappa shape index (κ3) is 4.32. The molecule has 0 saturated carbocycles. The van der Waals surface area contributed by atoms with Gasteiger partial charge in [-0.15, -0.1) is 0 Å². The fraction of sp³-hybridized carbons (Fsp3) is 0.158. The molecule has 1 aliphatic rings. The number of ether oxygens (including phenoxy) is 4. The molecule has 0 unspecified atom stereocenters. The Balaban J connectivity index is 1.77. The van der Waals surface area contributed by atoms with Crippen LogP contribution in [0.4, 0.5) is 0 Å². The van der Waals surface area contributed by atoms with Crippen LogP contribution in [0.15, 0.2) is 36.4 Å². The van der Waals surface area contributed by atoms with Crippen LogP contribution < -0.4 is 18.9 Å². The molecule has 0 aliphatic carbocycles. The van der Waals surface area contributed by atoms with Crippen molar-refractivity contribution in [3.05, 3.63) is 52.6 Å². The maximum atomic E-state index is 12.4. The van der Waals surface area contributed by atoms with Crippen molar-refractivity contribution >= 4 is 29.4 Å². The van der Waals surface area contributed by atoms with Crippen LogP contribution >= 0.6 is 11.6 Å². The van der Waals surface area contributed by atoms with E-state index in [9.17, 15) is 9.59 Å². The summed E-state index contributed by atoms with van der Waals surface area (Å²) in [6.45, 7) is -0.397. The lowest BCUT2D eigenvalue weighted by Gasteiger charge is -2.10. The van der Waals surface area contributed by atoms with Crippen LogP contribution in [0, 0.1) is 0 Å². The van der Waals surface area contributed by atoms with Gasteiger partial charge in [0.1, 0.15) is 0 Å². The Kier molecular flexibility index (Phi) is 5.52. The van der Waals surface area contributed by atoms with Crippen molar-refractivity contribution in [1.29, 1.82) is 0 Å². The van der Waals surface area contributed by atoms with Crippen molar-refractivity contribution in [2.75, 3.05) is 20.5 Å². The molecule has 1 heterocycles. The molecule has 0 atom stereocenters. The second-order valence-corrected chi connectivity index (χ2v) is 5.89. The molecule has 7 nitrogen and oxygen atoms in total. The summed E-state index contributed by atoms with van der Waals surface area (Å²) in [6.07, 6.45) is 3.00. The van der Waals surface area contributed by atoms with Crippen LogP contribution in [-0.4, -0.2) is 37.4 Å². The van der Waals surface area contributed by atoms with Gasteiger partial charge in [0.05, 0.1) is 12.1 Å². The summed E-state index contributed by atoms with van der Waals surface area (Å²) in [5.41, 5.74) is 1.04. The van der Waals surface area contributed by atoms with Gasteiger partial charge in [0.2, 0.25) is 6.79 Å². The number of hydrogen-bond donors (Lipinski definition) is 1. The van der Waals surface area contributed by atoms with E-state index >= 15 is 0 Å². The Hall–Kier alpha value is -3.19. The minimum atomic E-state index is -1.11. The number of ketones is 1. The highest BCUT2D eigenvalue weighted by Gasteiger charge is 2.17. The summed E-state index contributed by atoms with van der Waals surface area (Å²) in [6, 6.07) is 7.89. The molecule has 0 radical (unpaired) electrons. The molecule has 8 heteroatoms. The SMILES string of the molecule is COc1cc(C(=O)/C=C/c2cc(Cl)c3c(c2)OCO3)ccc1OCC(=O)O. The van der Waals surface area contributed by atoms with Gasteiger partial charge >= 0.3 is 5.97 Å². The summed E-state index contributed by atoms with van der Waals surface area (Å²) >= 11 is 6.12. The number of allylic oxidation sites excluding steroid dienone is 1. The topological polar surface area (TPSA) is 91.3 Å². The second kappa shape index (κ2) is 8.01. The van der Waals surface area contributed by atoms with Gasteiger partial charge in [-0.3, -0.25) is 4.79 Å². The lowest BCUT2D eigenvalue weighted by Crippen LogP contribution is -2.10. The Morgan fingerprint density at radius 3 is 2.78 bits per heavy atom. The van der Waals surface area contributed by atoms with Crippen LogP contribution in [0.5, 0.6) is 23.0 Å². The van der Waals surface area contributed by atoms with E-state index in [0.29, 0.717) is 27.6 Å². The first-order chi connectivity index (χ1) is 13.0. The minimum Gasteiger partial charge on any atom is -0.493 e. The molecule has 0 spiro atoms. The van der Waals surface area contributed by atoms with E-state index in [2.05, 4.69) is 0 Å². The van der Waals surface area contributed by atoms with Gasteiger partial charge in [-0.2, -0.15) is 0 Å². The summed E-state index contributed by atoms with van der Waals surface area (Å²) in [7, 11) is 1.40. The molecule has 0 aromatic heterocycles. The summed E-state index contributed by atoms with van der Waals surface area (Å²) < 4.78 is 20.8. The zero-order valence-corrected chi connectivity index (χ0v) is 15.0. The zero-order chi connectivity index (χ0) is 19.4. The number of carboxylic acids is 1. The number of rotatable bonds is 7. The first-order valence-corrected chi connectivity index (χ1v) is 8.20. The molecular formula is C19H15ClO7. The highest BCUT2D eigenvalue weighted by atomic mass is 35.5. The normalized spacial score (nSPS) is 12.2. The molecule has 2 aromatic rings. The first-order valence-electron chi connectivity index (χ1n) is 7.82. The Labute approximate surface area is 159 Å². The van der Waals surface area contributed by atoms with Crippen molar-refractivity contribution in [1.82, 2.24) is 0 Å². The van der Waals surface area contributed by atoms with Crippen LogP contribution in [-0.2, 0) is 4.79 Å². The zero-order valence-electron chi connectivity index (χ0n) is 14.2. The maximum Gasteiger partial charge on any atom is 0.341 e. The molecule has 1 aliphatic heterocycles. The van der Waals surface area contributed by atoms with Gasteiger partial charge in [0.15, 0.2) is 35.4 Å². The van der Waals surface area contributed by atoms with E-state index in [-0.39, 0.29) is 24.1 Å². The fourth-order valence-corrected chi connectivity index (χ4v) is 2.70. The quantitative estimate of drug-likeness (QED) is 0.572. The van der Waals surface area contributed by atoms with Crippen molar-refractivity contribution in [3.8, 4) is 23.0 Å². The van der Waals surface area contributed by atoms with E-state index in [1.165, 1.54) is 31.4 Å².